The first-order chi connectivity index (χ1) is 11.3. The summed E-state index contributed by atoms with van der Waals surface area (Å²) in [5.41, 5.74) is 0.708. The predicted octanol–water partition coefficient (Wildman–Crippen LogP) is 4.05. The molecule has 1 atom stereocenters. The van der Waals surface area contributed by atoms with Crippen LogP contribution in [0.1, 0.15) is 18.5 Å². The summed E-state index contributed by atoms with van der Waals surface area (Å²) in [6.07, 6.45) is 0. The molecule has 24 heavy (non-hydrogen) atoms. The van der Waals surface area contributed by atoms with E-state index in [1.807, 2.05) is 6.07 Å². The van der Waals surface area contributed by atoms with Crippen LogP contribution < -0.4 is 14.2 Å². The number of benzene rings is 2. The maximum Gasteiger partial charge on any atom is 0.242 e. The molecule has 0 saturated carbocycles. The van der Waals surface area contributed by atoms with E-state index in [4.69, 9.17) is 32.7 Å². The first kappa shape index (κ1) is 18.9. The second-order valence-corrected chi connectivity index (χ2v) is 7.42. The van der Waals surface area contributed by atoms with Gasteiger partial charge in [0.25, 0.3) is 0 Å². The summed E-state index contributed by atoms with van der Waals surface area (Å²) >= 11 is 12.1. The molecule has 0 unspecified atom stereocenters. The van der Waals surface area contributed by atoms with E-state index in [1.54, 1.807) is 25.1 Å². The molecule has 5 nitrogen and oxygen atoms in total. The maximum absolute atomic E-state index is 12.7. The Morgan fingerprint density at radius 3 is 2.21 bits per heavy atom. The average molecular weight is 390 g/mol. The number of halogens is 2. The minimum atomic E-state index is -3.89. The van der Waals surface area contributed by atoms with Crippen LogP contribution in [-0.4, -0.2) is 22.6 Å². The van der Waals surface area contributed by atoms with Crippen molar-refractivity contribution in [1.29, 1.82) is 0 Å². The summed E-state index contributed by atoms with van der Waals surface area (Å²) in [5.74, 6) is 0.893. The van der Waals surface area contributed by atoms with E-state index >= 15 is 0 Å². The van der Waals surface area contributed by atoms with Crippen molar-refractivity contribution in [3.8, 4) is 11.5 Å². The van der Waals surface area contributed by atoms with Crippen molar-refractivity contribution in [2.75, 3.05) is 14.2 Å². The molecular weight excluding hydrogens is 373 g/mol. The van der Waals surface area contributed by atoms with E-state index in [2.05, 4.69) is 4.72 Å². The monoisotopic (exact) mass is 389 g/mol. The highest BCUT2D eigenvalue weighted by molar-refractivity contribution is 7.89. The molecule has 1 N–H and O–H groups in total. The van der Waals surface area contributed by atoms with Crippen LogP contribution in [0.2, 0.25) is 10.0 Å². The minimum absolute atomic E-state index is 0.0481. The van der Waals surface area contributed by atoms with Gasteiger partial charge in [-0.05, 0) is 25.1 Å². The number of para-hydroxylation sites is 1. The zero-order valence-corrected chi connectivity index (χ0v) is 15.7. The zero-order chi connectivity index (χ0) is 17.9. The Morgan fingerprint density at radius 1 is 0.958 bits per heavy atom. The third-order valence-corrected chi connectivity index (χ3v) is 6.02. The van der Waals surface area contributed by atoms with Crippen LogP contribution in [0.3, 0.4) is 0 Å². The van der Waals surface area contributed by atoms with Gasteiger partial charge in [-0.25, -0.2) is 13.1 Å². The number of nitrogens with one attached hydrogen (secondary N) is 1. The summed E-state index contributed by atoms with van der Waals surface area (Å²) in [7, 11) is -0.936. The minimum Gasteiger partial charge on any atom is -0.496 e. The van der Waals surface area contributed by atoms with Gasteiger partial charge < -0.3 is 9.47 Å². The Morgan fingerprint density at radius 2 is 1.58 bits per heavy atom. The third-order valence-electron chi connectivity index (χ3n) is 3.46. The molecule has 0 fully saturated rings. The smallest absolute Gasteiger partial charge is 0.242 e. The highest BCUT2D eigenvalue weighted by atomic mass is 35.5. The number of methoxy groups -OCH3 is 2. The van der Waals surface area contributed by atoms with E-state index in [0.717, 1.165) is 0 Å². The number of rotatable bonds is 6. The summed E-state index contributed by atoms with van der Waals surface area (Å²) in [6, 6.07) is 9.44. The Kier molecular flexibility index (Phi) is 5.98. The molecule has 2 rings (SSSR count). The lowest BCUT2D eigenvalue weighted by Crippen LogP contribution is -2.27. The van der Waals surface area contributed by atoms with Gasteiger partial charge in [-0.3, -0.25) is 0 Å². The second-order valence-electron chi connectivity index (χ2n) is 4.98. The van der Waals surface area contributed by atoms with Gasteiger partial charge in [-0.1, -0.05) is 41.4 Å². The van der Waals surface area contributed by atoms with Crippen molar-refractivity contribution in [3.63, 3.8) is 0 Å². The van der Waals surface area contributed by atoms with Crippen molar-refractivity contribution in [3.05, 3.63) is 52.0 Å². The van der Waals surface area contributed by atoms with Gasteiger partial charge in [0.15, 0.2) is 0 Å². The molecule has 0 aliphatic heterocycles. The summed E-state index contributed by atoms with van der Waals surface area (Å²) in [4.78, 5) is -0.114. The van der Waals surface area contributed by atoms with Gasteiger partial charge in [0, 0.05) is 11.6 Å². The Hall–Kier alpha value is -1.47. The highest BCUT2D eigenvalue weighted by Crippen LogP contribution is 2.37. The molecule has 0 amide bonds. The fourth-order valence-electron chi connectivity index (χ4n) is 2.26. The molecular formula is C16H17Cl2NO4S. The third kappa shape index (κ3) is 3.78. The lowest BCUT2D eigenvalue weighted by Gasteiger charge is -2.18. The van der Waals surface area contributed by atoms with Crippen molar-refractivity contribution < 1.29 is 17.9 Å². The lowest BCUT2D eigenvalue weighted by atomic mass is 10.1. The first-order valence-electron chi connectivity index (χ1n) is 6.99. The van der Waals surface area contributed by atoms with Gasteiger partial charge >= 0.3 is 0 Å². The van der Waals surface area contributed by atoms with Crippen LogP contribution in [0.5, 0.6) is 11.5 Å². The van der Waals surface area contributed by atoms with Gasteiger partial charge in [-0.2, -0.15) is 0 Å². The Labute approximate surface area is 151 Å². The van der Waals surface area contributed by atoms with Crippen LogP contribution >= 0.6 is 23.2 Å². The molecule has 0 aliphatic rings. The summed E-state index contributed by atoms with van der Waals surface area (Å²) in [6.45, 7) is 1.72. The quantitative estimate of drug-likeness (QED) is 0.808. The fourth-order valence-corrected chi connectivity index (χ4v) is 4.33. The number of ether oxygens (including phenoxy) is 2. The fraction of sp³-hybridized carbons (Fsp3) is 0.250. The molecule has 0 aliphatic carbocycles. The van der Waals surface area contributed by atoms with Crippen molar-refractivity contribution in [1.82, 2.24) is 4.72 Å². The van der Waals surface area contributed by atoms with Crippen molar-refractivity contribution in [2.24, 2.45) is 0 Å². The molecule has 2 aromatic carbocycles. The van der Waals surface area contributed by atoms with E-state index in [-0.39, 0.29) is 14.9 Å². The Balaban J connectivity index is 2.37. The molecule has 2 aromatic rings. The number of sulfonamides is 1. The topological polar surface area (TPSA) is 64.6 Å². The van der Waals surface area contributed by atoms with Gasteiger partial charge in [0.2, 0.25) is 10.0 Å². The molecule has 0 heterocycles. The lowest BCUT2D eigenvalue weighted by molar-refractivity contribution is 0.405. The number of hydrogen-bond donors (Lipinski definition) is 1. The van der Waals surface area contributed by atoms with Crippen molar-refractivity contribution in [2.45, 2.75) is 17.9 Å². The first-order valence-corrected chi connectivity index (χ1v) is 9.23. The zero-order valence-electron chi connectivity index (χ0n) is 13.3. The SMILES string of the molecule is COc1ccccc1[C@H](C)NS(=O)(=O)c1ccc(OC)c(Cl)c1Cl. The normalized spacial score (nSPS) is 12.7. The van der Waals surface area contributed by atoms with Crippen LogP contribution in [0.15, 0.2) is 41.3 Å². The molecule has 8 heteroatoms. The van der Waals surface area contributed by atoms with E-state index in [1.165, 1.54) is 26.4 Å². The summed E-state index contributed by atoms with van der Waals surface area (Å²) < 4.78 is 38.2. The standard InChI is InChI=1S/C16H17Cl2NO4S/c1-10(11-6-4-5-7-12(11)22-2)19-24(20,21)14-9-8-13(23-3)15(17)16(14)18/h4-10,19H,1-3H3/t10-/m0/s1. The molecule has 0 aromatic heterocycles. The highest BCUT2D eigenvalue weighted by Gasteiger charge is 2.25. The molecule has 0 bridgehead atoms. The molecule has 0 spiro atoms. The molecule has 0 saturated heterocycles. The van der Waals surface area contributed by atoms with Gasteiger partial charge in [0.1, 0.15) is 21.4 Å². The number of hydrogen-bond acceptors (Lipinski definition) is 4. The Bertz CT molecular complexity index is 840. The van der Waals surface area contributed by atoms with Crippen LogP contribution in [0.25, 0.3) is 0 Å². The summed E-state index contributed by atoms with van der Waals surface area (Å²) in [5, 5.41) is -0.0391. The van der Waals surface area contributed by atoms with Gasteiger partial charge in [0.05, 0.1) is 19.2 Å². The van der Waals surface area contributed by atoms with Crippen LogP contribution in [-0.2, 0) is 10.0 Å². The van der Waals surface area contributed by atoms with E-state index in [9.17, 15) is 8.42 Å². The molecule has 0 radical (unpaired) electrons. The maximum atomic E-state index is 12.7. The van der Waals surface area contributed by atoms with Gasteiger partial charge in [-0.15, -0.1) is 0 Å². The second kappa shape index (κ2) is 7.61. The molecule has 130 valence electrons. The van der Waals surface area contributed by atoms with E-state index < -0.39 is 16.1 Å². The van der Waals surface area contributed by atoms with Crippen molar-refractivity contribution >= 4 is 33.2 Å². The average Bonchev–Trinajstić information content (AvgIpc) is 2.56. The largest absolute Gasteiger partial charge is 0.496 e. The van der Waals surface area contributed by atoms with Crippen LogP contribution in [0.4, 0.5) is 0 Å². The predicted molar refractivity (Wildman–Crippen MR) is 94.7 cm³/mol. The van der Waals surface area contributed by atoms with Crippen LogP contribution in [0, 0.1) is 0 Å². The van der Waals surface area contributed by atoms with E-state index in [0.29, 0.717) is 17.1 Å².